The van der Waals surface area contributed by atoms with Gasteiger partial charge in [0.15, 0.2) is 5.78 Å². The Kier molecular flexibility index (Phi) is 7.92. The molecule has 0 bridgehead atoms. The van der Waals surface area contributed by atoms with Gasteiger partial charge in [-0.25, -0.2) is 0 Å². The molecule has 3 atom stereocenters. The highest BCUT2D eigenvalue weighted by Gasteiger charge is 2.50. The summed E-state index contributed by atoms with van der Waals surface area (Å²) < 4.78 is 5.73. The molecule has 0 saturated heterocycles. The lowest BCUT2D eigenvalue weighted by Gasteiger charge is -2.36. The Morgan fingerprint density at radius 1 is 1.09 bits per heavy atom. The normalized spacial score (nSPS) is 22.8. The molecule has 4 rings (SSSR count). The predicted molar refractivity (Wildman–Crippen MR) is 139 cm³/mol. The second-order valence-electron chi connectivity index (χ2n) is 9.32. The maximum atomic E-state index is 13.0. The van der Waals surface area contributed by atoms with E-state index in [1.165, 1.54) is 0 Å². The van der Waals surface area contributed by atoms with Crippen LogP contribution >= 0.6 is 22.6 Å². The Hall–Kier alpha value is -1.70. The van der Waals surface area contributed by atoms with Crippen LogP contribution in [0.25, 0.3) is 0 Å². The zero-order valence-corrected chi connectivity index (χ0v) is 21.4. The van der Waals surface area contributed by atoms with Crippen molar-refractivity contribution in [2.24, 2.45) is 0 Å². The summed E-state index contributed by atoms with van der Waals surface area (Å²) in [5.41, 5.74) is 4.49. The summed E-state index contributed by atoms with van der Waals surface area (Å²) in [6, 6.07) is 15.8. The Morgan fingerprint density at radius 2 is 1.88 bits per heavy atom. The molecule has 0 amide bonds. The second kappa shape index (κ2) is 10.7. The molecule has 0 aromatic heterocycles. The number of fused-ring (bicyclic) bond motifs is 2. The average Bonchev–Trinajstić information content (AvgIpc) is 3.06. The van der Waals surface area contributed by atoms with Crippen molar-refractivity contribution >= 4 is 28.4 Å². The number of hydrogen-bond acceptors (Lipinski definition) is 4. The molecule has 2 aliphatic carbocycles. The van der Waals surface area contributed by atoms with Crippen LogP contribution in [0.4, 0.5) is 0 Å². The summed E-state index contributed by atoms with van der Waals surface area (Å²) >= 11 is 2.37. The van der Waals surface area contributed by atoms with Crippen molar-refractivity contribution < 1.29 is 19.7 Å². The van der Waals surface area contributed by atoms with Gasteiger partial charge in [-0.15, -0.1) is 0 Å². The van der Waals surface area contributed by atoms with Gasteiger partial charge in [0, 0.05) is 12.0 Å². The third-order valence-electron chi connectivity index (χ3n) is 6.89. The first-order chi connectivity index (χ1) is 15.9. The van der Waals surface area contributed by atoms with Crippen molar-refractivity contribution in [3.63, 3.8) is 0 Å². The van der Waals surface area contributed by atoms with Crippen LogP contribution in [0.1, 0.15) is 74.7 Å². The molecular weight excluding hydrogens is 527 g/mol. The van der Waals surface area contributed by atoms with Crippen LogP contribution in [0.5, 0.6) is 5.75 Å². The highest BCUT2D eigenvalue weighted by atomic mass is 127. The van der Waals surface area contributed by atoms with E-state index < -0.39 is 15.6 Å². The number of benzene rings is 2. The van der Waals surface area contributed by atoms with E-state index in [0.29, 0.717) is 32.3 Å². The number of allylic oxidation sites excluding steroid dienone is 1. The van der Waals surface area contributed by atoms with E-state index in [2.05, 4.69) is 29.5 Å². The van der Waals surface area contributed by atoms with E-state index in [1.54, 1.807) is 0 Å². The van der Waals surface area contributed by atoms with E-state index in [9.17, 15) is 15.0 Å². The first-order valence-corrected chi connectivity index (χ1v) is 13.1. The van der Waals surface area contributed by atoms with Gasteiger partial charge in [0.05, 0.1) is 9.53 Å². The average molecular weight is 560 g/mol. The maximum absolute atomic E-state index is 13.0. The van der Waals surface area contributed by atoms with Gasteiger partial charge < -0.3 is 14.9 Å². The van der Waals surface area contributed by atoms with E-state index >= 15 is 0 Å². The van der Waals surface area contributed by atoms with Crippen LogP contribution in [-0.4, -0.2) is 25.5 Å². The first-order valence-electron chi connectivity index (χ1n) is 12.0. The third-order valence-corrected chi connectivity index (χ3v) is 8.23. The van der Waals surface area contributed by atoms with Gasteiger partial charge in [-0.1, -0.05) is 91.2 Å². The molecule has 176 valence electrons. The Labute approximate surface area is 210 Å². The fraction of sp³-hybridized carbons (Fsp3) is 0.464. The van der Waals surface area contributed by atoms with Crippen LogP contribution in [0.2, 0.25) is 0 Å². The van der Waals surface area contributed by atoms with Crippen molar-refractivity contribution in [1.29, 1.82) is 0 Å². The van der Waals surface area contributed by atoms with Gasteiger partial charge in [-0.3, -0.25) is 4.79 Å². The second-order valence-corrected chi connectivity index (χ2v) is 11.4. The molecule has 0 aliphatic heterocycles. The number of unbranched alkanes of at least 4 members (excludes halogenated alkanes) is 2. The lowest BCUT2D eigenvalue weighted by atomic mass is 9.78. The topological polar surface area (TPSA) is 66.8 Å². The molecule has 2 aliphatic rings. The lowest BCUT2D eigenvalue weighted by Crippen LogP contribution is -2.33. The zero-order chi connectivity index (χ0) is 23.4. The summed E-state index contributed by atoms with van der Waals surface area (Å²) in [4.78, 5) is 13.0. The number of halogens is 1. The largest absolute Gasteiger partial charge is 0.489 e. The number of ether oxygens (including phenoxy) is 1. The van der Waals surface area contributed by atoms with Crippen LogP contribution in [0.15, 0.2) is 59.7 Å². The molecule has 2 aromatic carbocycles. The highest BCUT2D eigenvalue weighted by Crippen LogP contribution is 2.55. The van der Waals surface area contributed by atoms with Gasteiger partial charge in [-0.05, 0) is 54.0 Å². The Balaban J connectivity index is 1.55. The minimum absolute atomic E-state index is 0.110. The summed E-state index contributed by atoms with van der Waals surface area (Å²) in [7, 11) is 0. The monoisotopic (exact) mass is 560 g/mol. The molecule has 4 nitrogen and oxygen atoms in total. The van der Waals surface area contributed by atoms with Crippen molar-refractivity contribution in [2.75, 3.05) is 0 Å². The van der Waals surface area contributed by atoms with Crippen LogP contribution in [0.3, 0.4) is 0 Å². The molecule has 2 aromatic rings. The minimum atomic E-state index is -0.815. The number of aliphatic hydroxyl groups is 2. The maximum Gasteiger partial charge on any atom is 0.160 e. The van der Waals surface area contributed by atoms with E-state index in [1.807, 2.05) is 48.5 Å². The molecule has 0 heterocycles. The zero-order valence-electron chi connectivity index (χ0n) is 19.2. The lowest BCUT2D eigenvalue weighted by molar-refractivity contribution is -0.115. The number of ketones is 1. The quantitative estimate of drug-likeness (QED) is 0.212. The van der Waals surface area contributed by atoms with Gasteiger partial charge in [0.25, 0.3) is 0 Å². The van der Waals surface area contributed by atoms with Crippen molar-refractivity contribution in [3.8, 4) is 5.75 Å². The van der Waals surface area contributed by atoms with Crippen LogP contribution < -0.4 is 4.74 Å². The van der Waals surface area contributed by atoms with Gasteiger partial charge >= 0.3 is 0 Å². The molecule has 2 N–H and O–H groups in total. The fourth-order valence-electron chi connectivity index (χ4n) is 5.14. The van der Waals surface area contributed by atoms with Crippen molar-refractivity contribution in [3.05, 3.63) is 76.4 Å². The highest BCUT2D eigenvalue weighted by molar-refractivity contribution is 14.1. The Bertz CT molecular complexity index is 1020. The number of alkyl halides is 1. The molecule has 5 heteroatoms. The number of carbonyl (C=O) groups is 1. The van der Waals surface area contributed by atoms with Crippen molar-refractivity contribution in [1.82, 2.24) is 0 Å². The first kappa shape index (κ1) is 24.4. The molecule has 33 heavy (non-hydrogen) atoms. The van der Waals surface area contributed by atoms with Crippen molar-refractivity contribution in [2.45, 2.75) is 80.5 Å². The molecule has 0 radical (unpaired) electrons. The van der Waals surface area contributed by atoms with E-state index in [4.69, 9.17) is 4.74 Å². The number of rotatable bonds is 10. The number of Topliss-reactive ketones (excluding diaryl/α,β-unsaturated/α-hetero) is 1. The summed E-state index contributed by atoms with van der Waals surface area (Å²) in [6.07, 6.45) is 4.97. The SMILES string of the molecule is CCCCC[C@H](O)CCC1=C2[C@H](O)c3cccc(OCc4ccccc4)c3C[C@@]2(I)CC1=O. The Morgan fingerprint density at radius 3 is 2.64 bits per heavy atom. The van der Waals surface area contributed by atoms with E-state index in [0.717, 1.165) is 59.3 Å². The fourth-order valence-corrected chi connectivity index (χ4v) is 6.49. The van der Waals surface area contributed by atoms with Gasteiger partial charge in [0.1, 0.15) is 18.5 Å². The molecule has 0 fully saturated rings. The molecule has 0 saturated carbocycles. The predicted octanol–water partition coefficient (Wildman–Crippen LogP) is 6.02. The van der Waals surface area contributed by atoms with E-state index in [-0.39, 0.29) is 5.78 Å². The molecule has 0 spiro atoms. The number of carbonyl (C=O) groups excluding carboxylic acids is 1. The van der Waals surface area contributed by atoms with Crippen LogP contribution in [-0.2, 0) is 17.8 Å². The summed E-state index contributed by atoms with van der Waals surface area (Å²) in [5.74, 6) is 0.886. The van der Waals surface area contributed by atoms with Crippen LogP contribution in [0, 0.1) is 0 Å². The third kappa shape index (κ3) is 5.36. The standard InChI is InChI=1S/C28H33IO4/c1-2-3-5-11-20(30)14-15-22-24(31)17-28(29)16-23-21(27(32)26(22)28)12-8-13-25(23)33-18-19-9-6-4-7-10-19/h4,6-10,12-13,20,27,30,32H,2-3,5,11,14-18H2,1H3/t20-,27+,28+/m0/s1. The molecular formula is C28H33IO4. The minimum Gasteiger partial charge on any atom is -0.489 e. The molecule has 0 unspecified atom stereocenters. The van der Waals surface area contributed by atoms with Gasteiger partial charge in [-0.2, -0.15) is 0 Å². The number of hydrogen-bond donors (Lipinski definition) is 2. The summed E-state index contributed by atoms with van der Waals surface area (Å²) in [5, 5.41) is 21.8. The smallest absolute Gasteiger partial charge is 0.160 e. The number of aliphatic hydroxyl groups excluding tert-OH is 2. The summed E-state index contributed by atoms with van der Waals surface area (Å²) in [6.45, 7) is 2.61. The van der Waals surface area contributed by atoms with Gasteiger partial charge in [0.2, 0.25) is 0 Å².